The third-order valence-electron chi connectivity index (χ3n) is 1.71. The zero-order valence-corrected chi connectivity index (χ0v) is 10.4. The van der Waals surface area contributed by atoms with Crippen molar-refractivity contribution in [3.05, 3.63) is 21.9 Å². The van der Waals surface area contributed by atoms with Gasteiger partial charge in [0.15, 0.2) is 11.4 Å². The quantitative estimate of drug-likeness (QED) is 0.482. The van der Waals surface area contributed by atoms with Gasteiger partial charge < -0.3 is 19.6 Å². The molecule has 6 nitrogen and oxygen atoms in total. The lowest BCUT2D eigenvalue weighted by Crippen LogP contribution is -2.18. The topological polar surface area (TPSA) is 74.5 Å². The molecule has 0 N–H and O–H groups in total. The van der Waals surface area contributed by atoms with Crippen LogP contribution in [0.4, 0.5) is 19.0 Å². The number of hydrogen-bond acceptors (Lipinski definition) is 5. The molecule has 0 amide bonds. The minimum atomic E-state index is -4.98. The molecule has 0 radical (unpaired) electrons. The van der Waals surface area contributed by atoms with E-state index in [0.717, 1.165) is 13.2 Å². The average Bonchev–Trinajstić information content (AvgIpc) is 2.25. The Labute approximate surface area is 107 Å². The van der Waals surface area contributed by atoms with Crippen molar-refractivity contribution in [1.29, 1.82) is 0 Å². The van der Waals surface area contributed by atoms with E-state index in [2.05, 4.69) is 30.4 Å². The molecule has 0 aliphatic rings. The van der Waals surface area contributed by atoms with Crippen LogP contribution in [0.5, 0.6) is 11.5 Å². The number of ether oxygens (including phenoxy) is 2. The number of halogens is 4. The van der Waals surface area contributed by atoms with E-state index in [1.165, 1.54) is 0 Å². The molecule has 1 rings (SSSR count). The summed E-state index contributed by atoms with van der Waals surface area (Å²) in [7, 11) is 0.987. The molecule has 10 heteroatoms. The lowest BCUT2D eigenvalue weighted by molar-refractivity contribution is -0.390. The second-order valence-corrected chi connectivity index (χ2v) is 3.47. The van der Waals surface area contributed by atoms with Gasteiger partial charge in [0.25, 0.3) is 5.75 Å². The fourth-order valence-electron chi connectivity index (χ4n) is 1.13. The highest BCUT2D eigenvalue weighted by molar-refractivity contribution is 9.08. The zero-order valence-electron chi connectivity index (χ0n) is 8.82. The fourth-order valence-corrected chi connectivity index (χ4v) is 1.42. The molecule has 0 saturated heterocycles. The highest BCUT2D eigenvalue weighted by Crippen LogP contribution is 2.39. The predicted octanol–water partition coefficient (Wildman–Crippen LogP) is 2.79. The van der Waals surface area contributed by atoms with Gasteiger partial charge in [-0.15, -0.1) is 13.2 Å². The van der Waals surface area contributed by atoms with E-state index in [9.17, 15) is 23.3 Å². The maximum Gasteiger partial charge on any atom is 0.573 e. The van der Waals surface area contributed by atoms with Crippen LogP contribution in [-0.2, 0) is 5.33 Å². The number of nitrogens with zero attached hydrogens (tertiary/aromatic N) is 2. The monoisotopic (exact) mass is 330 g/mol. The summed E-state index contributed by atoms with van der Waals surface area (Å²) in [5, 5.41) is 10.7. The summed E-state index contributed by atoms with van der Waals surface area (Å²) in [6.45, 7) is 0. The molecule has 0 saturated carbocycles. The lowest BCUT2D eigenvalue weighted by atomic mass is 10.3. The van der Waals surface area contributed by atoms with Crippen LogP contribution in [0.25, 0.3) is 0 Å². The summed E-state index contributed by atoms with van der Waals surface area (Å²) in [4.78, 5) is 13.3. The van der Waals surface area contributed by atoms with Gasteiger partial charge >= 0.3 is 12.2 Å². The minimum Gasteiger partial charge on any atom is -0.486 e. The first-order chi connectivity index (χ1) is 8.28. The highest BCUT2D eigenvalue weighted by atomic mass is 79.9. The van der Waals surface area contributed by atoms with E-state index >= 15 is 0 Å². The molecule has 0 aliphatic carbocycles. The lowest BCUT2D eigenvalue weighted by Gasteiger charge is -2.12. The van der Waals surface area contributed by atoms with Gasteiger partial charge in [-0.1, -0.05) is 15.9 Å². The number of pyridine rings is 1. The second-order valence-electron chi connectivity index (χ2n) is 2.91. The van der Waals surface area contributed by atoms with Crippen LogP contribution in [0.2, 0.25) is 0 Å². The number of aromatic nitrogens is 1. The standard InChI is InChI=1S/C8H6BrF3N2O4/c1-17-6-5(18-8(10,11)12)2-4(3-9)13-7(6)14(15)16/h2H,3H2,1H3. The summed E-state index contributed by atoms with van der Waals surface area (Å²) < 4.78 is 44.6. The van der Waals surface area contributed by atoms with Gasteiger partial charge in [0.2, 0.25) is 0 Å². The minimum absolute atomic E-state index is 0.0155. The first-order valence-electron chi connectivity index (χ1n) is 4.32. The van der Waals surface area contributed by atoms with Crippen molar-refractivity contribution in [3.63, 3.8) is 0 Å². The van der Waals surface area contributed by atoms with Gasteiger partial charge in [0.1, 0.15) is 0 Å². The molecule has 1 aromatic heterocycles. The summed E-state index contributed by atoms with van der Waals surface area (Å²) in [6.07, 6.45) is -4.98. The zero-order chi connectivity index (χ0) is 13.9. The van der Waals surface area contributed by atoms with Crippen LogP contribution in [0, 0.1) is 10.1 Å². The molecule has 18 heavy (non-hydrogen) atoms. The Bertz CT molecular complexity index is 466. The highest BCUT2D eigenvalue weighted by Gasteiger charge is 2.35. The van der Waals surface area contributed by atoms with Gasteiger partial charge in [0, 0.05) is 6.07 Å². The Morgan fingerprint density at radius 1 is 1.56 bits per heavy atom. The Morgan fingerprint density at radius 2 is 2.17 bits per heavy atom. The van der Waals surface area contributed by atoms with Crippen LogP contribution in [0.1, 0.15) is 5.69 Å². The molecular formula is C8H6BrF3N2O4. The average molecular weight is 331 g/mol. The molecule has 0 fully saturated rings. The van der Waals surface area contributed by atoms with Crippen LogP contribution in [0.15, 0.2) is 6.07 Å². The number of methoxy groups -OCH3 is 1. The van der Waals surface area contributed by atoms with Gasteiger partial charge in [-0.2, -0.15) is 0 Å². The van der Waals surface area contributed by atoms with Gasteiger partial charge in [-0.05, 0) is 9.91 Å². The van der Waals surface area contributed by atoms with Gasteiger partial charge in [-0.3, -0.25) is 0 Å². The van der Waals surface area contributed by atoms with E-state index in [0.29, 0.717) is 0 Å². The molecule has 1 aromatic rings. The van der Waals surface area contributed by atoms with E-state index in [-0.39, 0.29) is 11.0 Å². The number of hydrogen-bond donors (Lipinski definition) is 0. The van der Waals surface area contributed by atoms with Crippen molar-refractivity contribution in [2.24, 2.45) is 0 Å². The predicted molar refractivity (Wildman–Crippen MR) is 56.8 cm³/mol. The van der Waals surface area contributed by atoms with Crippen LogP contribution in [-0.4, -0.2) is 23.4 Å². The van der Waals surface area contributed by atoms with Gasteiger partial charge in [-0.25, -0.2) is 0 Å². The Morgan fingerprint density at radius 3 is 2.56 bits per heavy atom. The Kier molecular flexibility index (Phi) is 4.33. The normalized spacial score (nSPS) is 11.2. The molecule has 0 aromatic carbocycles. The van der Waals surface area contributed by atoms with Gasteiger partial charge in [0.05, 0.1) is 12.4 Å². The van der Waals surface area contributed by atoms with Crippen molar-refractivity contribution in [3.8, 4) is 11.5 Å². The van der Waals surface area contributed by atoms with E-state index in [1.54, 1.807) is 0 Å². The summed E-state index contributed by atoms with van der Waals surface area (Å²) in [5.74, 6) is -2.32. The first kappa shape index (κ1) is 14.5. The van der Waals surface area contributed by atoms with Crippen LogP contribution >= 0.6 is 15.9 Å². The Hall–Kier alpha value is -1.58. The van der Waals surface area contributed by atoms with Crippen molar-refractivity contribution < 1.29 is 27.6 Å². The summed E-state index contributed by atoms with van der Waals surface area (Å²) in [6, 6.07) is 0.911. The maximum absolute atomic E-state index is 12.1. The molecular weight excluding hydrogens is 325 g/mol. The van der Waals surface area contributed by atoms with Crippen LogP contribution in [0.3, 0.4) is 0 Å². The molecule has 0 unspecified atom stereocenters. The number of nitro groups is 1. The number of alkyl halides is 4. The van der Waals surface area contributed by atoms with E-state index in [1.807, 2.05) is 0 Å². The van der Waals surface area contributed by atoms with Crippen molar-refractivity contribution in [1.82, 2.24) is 4.98 Å². The van der Waals surface area contributed by atoms with Crippen LogP contribution < -0.4 is 9.47 Å². The SMILES string of the molecule is COc1c(OC(F)(F)F)cc(CBr)nc1[N+](=O)[O-]. The first-order valence-corrected chi connectivity index (χ1v) is 5.44. The molecule has 0 spiro atoms. The smallest absolute Gasteiger partial charge is 0.486 e. The van der Waals surface area contributed by atoms with E-state index in [4.69, 9.17) is 0 Å². The molecule has 0 atom stereocenters. The number of rotatable bonds is 4. The molecule has 100 valence electrons. The Balaban J connectivity index is 3.37. The third kappa shape index (κ3) is 3.45. The van der Waals surface area contributed by atoms with E-state index < -0.39 is 28.6 Å². The largest absolute Gasteiger partial charge is 0.573 e. The maximum atomic E-state index is 12.1. The molecule has 1 heterocycles. The molecule has 0 bridgehead atoms. The van der Waals surface area contributed by atoms with Crippen molar-refractivity contribution >= 4 is 21.7 Å². The summed E-state index contributed by atoms with van der Waals surface area (Å²) in [5.41, 5.74) is 0.0155. The van der Waals surface area contributed by atoms with Crippen molar-refractivity contribution in [2.75, 3.05) is 7.11 Å². The summed E-state index contributed by atoms with van der Waals surface area (Å²) >= 11 is 2.94. The molecule has 0 aliphatic heterocycles. The fraction of sp³-hybridized carbons (Fsp3) is 0.375. The second kappa shape index (κ2) is 5.38. The van der Waals surface area contributed by atoms with Crippen molar-refractivity contribution in [2.45, 2.75) is 11.7 Å². The third-order valence-corrected chi connectivity index (χ3v) is 2.29.